The molecule has 0 bridgehead atoms. The van der Waals surface area contributed by atoms with Gasteiger partial charge in [0.15, 0.2) is 0 Å². The Morgan fingerprint density at radius 2 is 2.06 bits per heavy atom. The van der Waals surface area contributed by atoms with Gasteiger partial charge in [0.2, 0.25) is 0 Å². The lowest BCUT2D eigenvalue weighted by Crippen LogP contribution is -2.11. The second-order valence-electron chi connectivity index (χ2n) is 3.84. The summed E-state index contributed by atoms with van der Waals surface area (Å²) in [6.45, 7) is 6.13. The van der Waals surface area contributed by atoms with Crippen LogP contribution in [-0.2, 0) is 6.42 Å². The van der Waals surface area contributed by atoms with Gasteiger partial charge in [-0.1, -0.05) is 0 Å². The molecule has 2 N–H and O–H groups in total. The molecule has 0 saturated carbocycles. The lowest BCUT2D eigenvalue weighted by Gasteiger charge is -2.05. The third-order valence-electron chi connectivity index (χ3n) is 2.47. The van der Waals surface area contributed by atoms with E-state index in [0.717, 1.165) is 27.0 Å². The minimum absolute atomic E-state index is 0.0242. The molecule has 0 aliphatic heterocycles. The van der Waals surface area contributed by atoms with Crippen molar-refractivity contribution in [3.8, 4) is 0 Å². The van der Waals surface area contributed by atoms with E-state index in [-0.39, 0.29) is 6.04 Å². The molecule has 2 rings (SSSR count). The van der Waals surface area contributed by atoms with Crippen molar-refractivity contribution in [2.45, 2.75) is 33.2 Å². The van der Waals surface area contributed by atoms with Gasteiger partial charge in [-0.05, 0) is 20.8 Å². The maximum atomic E-state index is 6.14. The minimum atomic E-state index is 0.0242. The van der Waals surface area contributed by atoms with Crippen LogP contribution < -0.4 is 5.73 Å². The lowest BCUT2D eigenvalue weighted by molar-refractivity contribution is 0.729. The van der Waals surface area contributed by atoms with Crippen molar-refractivity contribution in [3.05, 3.63) is 31.7 Å². The molecular formula is C11H15N3S2. The summed E-state index contributed by atoms with van der Waals surface area (Å²) in [6.07, 6.45) is 2.68. The Balaban J connectivity index is 2.10. The van der Waals surface area contributed by atoms with E-state index in [1.165, 1.54) is 4.88 Å². The molecule has 0 saturated heterocycles. The van der Waals surface area contributed by atoms with Gasteiger partial charge in [0.1, 0.15) is 0 Å². The molecule has 5 heteroatoms. The van der Waals surface area contributed by atoms with Crippen molar-refractivity contribution in [3.63, 3.8) is 0 Å². The Bertz CT molecular complexity index is 468. The number of thiazole rings is 2. The van der Waals surface area contributed by atoms with Crippen molar-refractivity contribution in [1.82, 2.24) is 9.97 Å². The molecule has 0 aliphatic carbocycles. The van der Waals surface area contributed by atoms with E-state index in [1.807, 2.05) is 20.0 Å². The van der Waals surface area contributed by atoms with E-state index in [4.69, 9.17) is 5.73 Å². The van der Waals surface area contributed by atoms with Crippen LogP contribution in [0.15, 0.2) is 6.20 Å². The van der Waals surface area contributed by atoms with Gasteiger partial charge in [-0.25, -0.2) is 9.97 Å². The highest BCUT2D eigenvalue weighted by atomic mass is 32.1. The predicted molar refractivity (Wildman–Crippen MR) is 69.1 cm³/mol. The van der Waals surface area contributed by atoms with Gasteiger partial charge in [0, 0.05) is 28.4 Å². The van der Waals surface area contributed by atoms with E-state index < -0.39 is 0 Å². The van der Waals surface area contributed by atoms with Gasteiger partial charge in [-0.3, -0.25) is 0 Å². The second-order valence-corrected chi connectivity index (χ2v) is 6.40. The highest BCUT2D eigenvalue weighted by Crippen LogP contribution is 2.25. The monoisotopic (exact) mass is 253 g/mol. The molecule has 0 aromatic carbocycles. The fraction of sp³-hybridized carbons (Fsp3) is 0.455. The molecular weight excluding hydrogens is 238 g/mol. The molecule has 0 amide bonds. The molecule has 0 fully saturated rings. The lowest BCUT2D eigenvalue weighted by atomic mass is 10.2. The van der Waals surface area contributed by atoms with E-state index in [9.17, 15) is 0 Å². The molecule has 0 radical (unpaired) electrons. The Labute approximate surface area is 103 Å². The molecule has 3 nitrogen and oxygen atoms in total. The third kappa shape index (κ3) is 2.48. The van der Waals surface area contributed by atoms with Crippen LogP contribution in [0.5, 0.6) is 0 Å². The summed E-state index contributed by atoms with van der Waals surface area (Å²) in [5.74, 6) is 0. The normalized spacial score (nSPS) is 13.0. The fourth-order valence-corrected chi connectivity index (χ4v) is 3.24. The molecule has 2 aromatic heterocycles. The standard InChI is InChI=1S/C11H15N3S2/c1-6-7(2)15-11(14-6)4-9(12)10-5-13-8(3)16-10/h5,9H,4,12H2,1-3H3. The first-order chi connectivity index (χ1) is 7.56. The smallest absolute Gasteiger partial charge is 0.0950 e. The summed E-state index contributed by atoms with van der Waals surface area (Å²) < 4.78 is 0. The number of aryl methyl sites for hydroxylation is 3. The number of nitrogens with two attached hydrogens (primary N) is 1. The highest BCUT2D eigenvalue weighted by Gasteiger charge is 2.13. The number of aromatic nitrogens is 2. The zero-order chi connectivity index (χ0) is 11.7. The average molecular weight is 253 g/mol. The maximum absolute atomic E-state index is 6.14. The Morgan fingerprint density at radius 1 is 1.31 bits per heavy atom. The van der Waals surface area contributed by atoms with Crippen molar-refractivity contribution in [1.29, 1.82) is 0 Å². The molecule has 16 heavy (non-hydrogen) atoms. The summed E-state index contributed by atoms with van der Waals surface area (Å²) >= 11 is 3.40. The van der Waals surface area contributed by atoms with Gasteiger partial charge in [0.05, 0.1) is 15.7 Å². The van der Waals surface area contributed by atoms with Crippen LogP contribution in [0.2, 0.25) is 0 Å². The van der Waals surface area contributed by atoms with Crippen LogP contribution >= 0.6 is 22.7 Å². The molecule has 2 aromatic rings. The number of nitrogens with zero attached hydrogens (tertiary/aromatic N) is 2. The molecule has 2 heterocycles. The van der Waals surface area contributed by atoms with Gasteiger partial charge >= 0.3 is 0 Å². The van der Waals surface area contributed by atoms with E-state index in [0.29, 0.717) is 0 Å². The van der Waals surface area contributed by atoms with Crippen LogP contribution in [0.1, 0.15) is 31.5 Å². The number of rotatable bonds is 3. The highest BCUT2D eigenvalue weighted by molar-refractivity contribution is 7.12. The molecule has 1 atom stereocenters. The van der Waals surface area contributed by atoms with Crippen LogP contribution in [0.3, 0.4) is 0 Å². The first kappa shape index (κ1) is 11.7. The molecule has 1 unspecified atom stereocenters. The van der Waals surface area contributed by atoms with Gasteiger partial charge in [0.25, 0.3) is 0 Å². The van der Waals surface area contributed by atoms with Gasteiger partial charge in [-0.15, -0.1) is 22.7 Å². The van der Waals surface area contributed by atoms with Gasteiger partial charge in [-0.2, -0.15) is 0 Å². The summed E-state index contributed by atoms with van der Waals surface area (Å²) in [6, 6.07) is 0.0242. The Morgan fingerprint density at radius 3 is 2.56 bits per heavy atom. The van der Waals surface area contributed by atoms with Gasteiger partial charge < -0.3 is 5.73 Å². The Hall–Kier alpha value is -0.780. The van der Waals surface area contributed by atoms with Crippen molar-refractivity contribution < 1.29 is 0 Å². The molecule has 0 spiro atoms. The van der Waals surface area contributed by atoms with Crippen molar-refractivity contribution in [2.24, 2.45) is 5.73 Å². The number of hydrogen-bond acceptors (Lipinski definition) is 5. The van der Waals surface area contributed by atoms with Crippen molar-refractivity contribution in [2.75, 3.05) is 0 Å². The van der Waals surface area contributed by atoms with Crippen LogP contribution in [0.4, 0.5) is 0 Å². The first-order valence-corrected chi connectivity index (χ1v) is 6.80. The van der Waals surface area contributed by atoms with E-state index in [1.54, 1.807) is 22.7 Å². The SMILES string of the molecule is Cc1ncc(C(N)Cc2nc(C)c(C)s2)s1. The zero-order valence-corrected chi connectivity index (χ0v) is 11.3. The quantitative estimate of drug-likeness (QED) is 0.915. The second kappa shape index (κ2) is 4.61. The fourth-order valence-electron chi connectivity index (χ4n) is 1.46. The first-order valence-electron chi connectivity index (χ1n) is 5.17. The van der Waals surface area contributed by atoms with Crippen LogP contribution in [0.25, 0.3) is 0 Å². The van der Waals surface area contributed by atoms with Crippen LogP contribution in [0, 0.1) is 20.8 Å². The Kier molecular flexibility index (Phi) is 3.37. The summed E-state index contributed by atoms with van der Waals surface area (Å²) in [4.78, 5) is 11.2. The third-order valence-corrected chi connectivity index (χ3v) is 4.61. The van der Waals surface area contributed by atoms with Crippen molar-refractivity contribution >= 4 is 22.7 Å². The zero-order valence-electron chi connectivity index (χ0n) is 9.65. The summed E-state index contributed by atoms with van der Waals surface area (Å²) in [7, 11) is 0. The molecule has 86 valence electrons. The topological polar surface area (TPSA) is 51.8 Å². The van der Waals surface area contributed by atoms with E-state index in [2.05, 4.69) is 16.9 Å². The van der Waals surface area contributed by atoms with E-state index >= 15 is 0 Å². The largest absolute Gasteiger partial charge is 0.323 e. The van der Waals surface area contributed by atoms with Crippen LogP contribution in [-0.4, -0.2) is 9.97 Å². The summed E-state index contributed by atoms with van der Waals surface area (Å²) in [5, 5.41) is 2.19. The minimum Gasteiger partial charge on any atom is -0.323 e. The average Bonchev–Trinajstić information content (AvgIpc) is 2.75. The molecule has 0 aliphatic rings. The predicted octanol–water partition coefficient (Wildman–Crippen LogP) is 2.77. The maximum Gasteiger partial charge on any atom is 0.0950 e. The number of hydrogen-bond donors (Lipinski definition) is 1. The summed E-state index contributed by atoms with van der Waals surface area (Å²) in [5.41, 5.74) is 7.25.